The van der Waals surface area contributed by atoms with Gasteiger partial charge in [0.2, 0.25) is 0 Å². The summed E-state index contributed by atoms with van der Waals surface area (Å²) >= 11 is 1.75. The van der Waals surface area contributed by atoms with Gasteiger partial charge in [-0.1, -0.05) is 12.8 Å². The number of hydrogen-bond donors (Lipinski definition) is 2. The summed E-state index contributed by atoms with van der Waals surface area (Å²) in [6.07, 6.45) is 6.38. The van der Waals surface area contributed by atoms with Crippen molar-refractivity contribution >= 4 is 17.3 Å². The quantitative estimate of drug-likeness (QED) is 0.428. The van der Waals surface area contributed by atoms with Crippen LogP contribution >= 0.6 is 11.3 Å². The number of aromatic nitrogens is 1. The Kier molecular flexibility index (Phi) is 7.49. The molecule has 136 valence electrons. The molecule has 5 nitrogen and oxygen atoms in total. The van der Waals surface area contributed by atoms with E-state index in [2.05, 4.69) is 41.4 Å². The second-order valence-electron chi connectivity index (χ2n) is 6.67. The van der Waals surface area contributed by atoms with Crippen LogP contribution in [0.1, 0.15) is 54.6 Å². The highest BCUT2D eigenvalue weighted by Gasteiger charge is 2.33. The normalized spacial score (nSPS) is 17.2. The Hall–Kier alpha value is -1.14. The van der Waals surface area contributed by atoms with Crippen molar-refractivity contribution < 1.29 is 4.74 Å². The fourth-order valence-corrected chi connectivity index (χ4v) is 4.34. The number of aryl methyl sites for hydroxylation is 2. The van der Waals surface area contributed by atoms with Crippen LogP contribution in [-0.2, 0) is 11.3 Å². The van der Waals surface area contributed by atoms with E-state index in [1.807, 2.05) is 7.05 Å². The van der Waals surface area contributed by atoms with Crippen molar-refractivity contribution in [3.8, 4) is 0 Å². The average Bonchev–Trinajstić information content (AvgIpc) is 3.15. The number of guanidine groups is 1. The Morgan fingerprint density at radius 1 is 1.29 bits per heavy atom. The van der Waals surface area contributed by atoms with Crippen LogP contribution in [0.4, 0.5) is 0 Å². The molecule has 2 N–H and O–H groups in total. The zero-order valence-corrected chi connectivity index (χ0v) is 16.4. The topological polar surface area (TPSA) is 58.5 Å². The number of ether oxygens (including phenoxy) is 1. The van der Waals surface area contributed by atoms with Gasteiger partial charge in [-0.15, -0.1) is 11.3 Å². The van der Waals surface area contributed by atoms with E-state index in [0.29, 0.717) is 5.41 Å². The first kappa shape index (κ1) is 19.2. The lowest BCUT2D eigenvalue weighted by molar-refractivity contribution is 0.105. The maximum absolute atomic E-state index is 5.60. The monoisotopic (exact) mass is 352 g/mol. The SMILES string of the molecule is CCOCCC1(CNC(=NC)NCc2sc(C)nc2C)CCCC1. The third kappa shape index (κ3) is 5.45. The minimum absolute atomic E-state index is 0.365. The average molecular weight is 353 g/mol. The summed E-state index contributed by atoms with van der Waals surface area (Å²) in [4.78, 5) is 10.1. The molecule has 2 rings (SSSR count). The van der Waals surface area contributed by atoms with Crippen LogP contribution in [0.2, 0.25) is 0 Å². The molecular weight excluding hydrogens is 320 g/mol. The van der Waals surface area contributed by atoms with Gasteiger partial charge in [-0.25, -0.2) is 4.98 Å². The zero-order chi connectivity index (χ0) is 17.4. The molecule has 0 unspecified atom stereocenters. The number of aliphatic imine (C=N–C) groups is 1. The summed E-state index contributed by atoms with van der Waals surface area (Å²) in [6.45, 7) is 9.61. The molecule has 0 aliphatic heterocycles. The molecule has 0 aromatic carbocycles. The van der Waals surface area contributed by atoms with Gasteiger partial charge in [0, 0.05) is 31.7 Å². The molecule has 1 heterocycles. The number of nitrogens with zero attached hydrogens (tertiary/aromatic N) is 2. The summed E-state index contributed by atoms with van der Waals surface area (Å²) in [5.41, 5.74) is 1.48. The van der Waals surface area contributed by atoms with Crippen molar-refractivity contribution in [2.45, 2.75) is 59.4 Å². The Balaban J connectivity index is 1.84. The molecule has 1 aliphatic rings. The van der Waals surface area contributed by atoms with Crippen LogP contribution in [0.25, 0.3) is 0 Å². The predicted molar refractivity (Wildman–Crippen MR) is 102 cm³/mol. The van der Waals surface area contributed by atoms with E-state index in [9.17, 15) is 0 Å². The molecule has 0 amide bonds. The van der Waals surface area contributed by atoms with Gasteiger partial charge in [0.15, 0.2) is 5.96 Å². The van der Waals surface area contributed by atoms with E-state index in [1.165, 1.54) is 30.6 Å². The van der Waals surface area contributed by atoms with E-state index in [1.54, 1.807) is 11.3 Å². The van der Waals surface area contributed by atoms with Gasteiger partial charge < -0.3 is 15.4 Å². The van der Waals surface area contributed by atoms with Gasteiger partial charge in [-0.2, -0.15) is 0 Å². The fraction of sp³-hybridized carbons (Fsp3) is 0.778. The molecule has 1 aromatic rings. The lowest BCUT2D eigenvalue weighted by Crippen LogP contribution is -2.43. The minimum atomic E-state index is 0.365. The van der Waals surface area contributed by atoms with Crippen molar-refractivity contribution in [2.24, 2.45) is 10.4 Å². The van der Waals surface area contributed by atoms with Crippen molar-refractivity contribution in [3.05, 3.63) is 15.6 Å². The van der Waals surface area contributed by atoms with Crippen LogP contribution in [0.3, 0.4) is 0 Å². The van der Waals surface area contributed by atoms with Crippen molar-refractivity contribution in [1.29, 1.82) is 0 Å². The molecule has 1 aromatic heterocycles. The van der Waals surface area contributed by atoms with Crippen LogP contribution in [0.5, 0.6) is 0 Å². The van der Waals surface area contributed by atoms with Gasteiger partial charge >= 0.3 is 0 Å². The predicted octanol–water partition coefficient (Wildman–Crippen LogP) is 3.41. The fourth-order valence-electron chi connectivity index (χ4n) is 3.47. The highest BCUT2D eigenvalue weighted by Crippen LogP contribution is 2.40. The van der Waals surface area contributed by atoms with Crippen LogP contribution in [0, 0.1) is 19.3 Å². The summed E-state index contributed by atoms with van der Waals surface area (Å²) in [6, 6.07) is 0. The first-order valence-electron chi connectivity index (χ1n) is 9.04. The van der Waals surface area contributed by atoms with Crippen molar-refractivity contribution in [1.82, 2.24) is 15.6 Å². The van der Waals surface area contributed by atoms with Gasteiger partial charge in [-0.05, 0) is 45.4 Å². The van der Waals surface area contributed by atoms with Crippen molar-refractivity contribution in [3.63, 3.8) is 0 Å². The van der Waals surface area contributed by atoms with E-state index < -0.39 is 0 Å². The van der Waals surface area contributed by atoms with Gasteiger partial charge in [-0.3, -0.25) is 4.99 Å². The second-order valence-corrected chi connectivity index (χ2v) is 7.96. The van der Waals surface area contributed by atoms with Gasteiger partial charge in [0.05, 0.1) is 17.2 Å². The minimum Gasteiger partial charge on any atom is -0.382 e. The maximum Gasteiger partial charge on any atom is 0.191 e. The molecule has 0 spiro atoms. The smallest absolute Gasteiger partial charge is 0.191 e. The molecule has 0 saturated heterocycles. The van der Waals surface area contributed by atoms with E-state index in [4.69, 9.17) is 4.74 Å². The lowest BCUT2D eigenvalue weighted by Gasteiger charge is -2.30. The molecule has 1 fully saturated rings. The maximum atomic E-state index is 5.60. The zero-order valence-electron chi connectivity index (χ0n) is 15.6. The van der Waals surface area contributed by atoms with Crippen LogP contribution < -0.4 is 10.6 Å². The first-order valence-corrected chi connectivity index (χ1v) is 9.85. The van der Waals surface area contributed by atoms with Crippen LogP contribution in [-0.4, -0.2) is 37.7 Å². The van der Waals surface area contributed by atoms with Crippen molar-refractivity contribution in [2.75, 3.05) is 26.8 Å². The molecule has 24 heavy (non-hydrogen) atoms. The molecule has 0 radical (unpaired) electrons. The molecule has 1 saturated carbocycles. The third-order valence-electron chi connectivity index (χ3n) is 4.92. The van der Waals surface area contributed by atoms with E-state index in [-0.39, 0.29) is 0 Å². The molecule has 6 heteroatoms. The van der Waals surface area contributed by atoms with Gasteiger partial charge in [0.25, 0.3) is 0 Å². The summed E-state index contributed by atoms with van der Waals surface area (Å²) in [7, 11) is 1.83. The Labute approximate surface area is 150 Å². The number of thiazole rings is 1. The molecule has 1 aliphatic carbocycles. The first-order chi connectivity index (χ1) is 11.6. The van der Waals surface area contributed by atoms with Gasteiger partial charge in [0.1, 0.15) is 0 Å². The Bertz CT molecular complexity index is 535. The Morgan fingerprint density at radius 2 is 2.04 bits per heavy atom. The highest BCUT2D eigenvalue weighted by atomic mass is 32.1. The summed E-state index contributed by atoms with van der Waals surface area (Å²) in [5, 5.41) is 8.09. The molecule has 0 atom stereocenters. The Morgan fingerprint density at radius 3 is 2.62 bits per heavy atom. The highest BCUT2D eigenvalue weighted by molar-refractivity contribution is 7.11. The lowest BCUT2D eigenvalue weighted by atomic mass is 9.83. The van der Waals surface area contributed by atoms with Crippen LogP contribution in [0.15, 0.2) is 4.99 Å². The number of nitrogens with one attached hydrogen (secondary N) is 2. The molecule has 0 bridgehead atoms. The second kappa shape index (κ2) is 9.37. The number of hydrogen-bond acceptors (Lipinski definition) is 4. The third-order valence-corrected chi connectivity index (χ3v) is 5.99. The van der Waals surface area contributed by atoms with E-state index >= 15 is 0 Å². The largest absolute Gasteiger partial charge is 0.382 e. The molecular formula is C18H32N4OS. The van der Waals surface area contributed by atoms with E-state index in [0.717, 1.165) is 49.4 Å². The summed E-state index contributed by atoms with van der Waals surface area (Å²) in [5.74, 6) is 0.878. The summed E-state index contributed by atoms with van der Waals surface area (Å²) < 4.78 is 5.60. The number of rotatable bonds is 8. The standard InChI is InChI=1S/C18H32N4OS/c1-5-23-11-10-18(8-6-7-9-18)13-21-17(19-4)20-12-16-14(2)22-15(3)24-16/h5-13H2,1-4H3,(H2,19,20,21).